The van der Waals surface area contributed by atoms with Gasteiger partial charge in [-0.3, -0.25) is 9.59 Å². The van der Waals surface area contributed by atoms with Crippen LogP contribution in [0.4, 0.5) is 5.69 Å². The van der Waals surface area contributed by atoms with Gasteiger partial charge in [0.15, 0.2) is 0 Å². The lowest BCUT2D eigenvalue weighted by Gasteiger charge is -2.19. The number of benzene rings is 1. The zero-order valence-corrected chi connectivity index (χ0v) is 15.9. The number of carbonyl (C=O) groups is 2. The maximum absolute atomic E-state index is 12.8. The zero-order chi connectivity index (χ0) is 17.4. The van der Waals surface area contributed by atoms with Crippen molar-refractivity contribution in [2.45, 2.75) is 51.9 Å². The minimum Gasteiger partial charge on any atom is -0.339 e. The van der Waals surface area contributed by atoms with Gasteiger partial charge in [-0.1, -0.05) is 25.0 Å². The van der Waals surface area contributed by atoms with Crippen LogP contribution < -0.4 is 11.1 Å². The second-order valence-electron chi connectivity index (χ2n) is 6.50. The lowest BCUT2D eigenvalue weighted by atomic mass is 10.0. The molecule has 1 aliphatic rings. The number of nitrogens with two attached hydrogens (primary N) is 1. The molecule has 0 radical (unpaired) electrons. The summed E-state index contributed by atoms with van der Waals surface area (Å²) in [6.07, 6.45) is 6.53. The Bertz CT molecular complexity index is 572. The summed E-state index contributed by atoms with van der Waals surface area (Å²) >= 11 is 0. The normalized spacial score (nSPS) is 13.4. The number of nitrogens with zero attached hydrogens (tertiary/aromatic N) is 1. The SMILES string of the molecule is Cc1cccc(NC(=O)CCCCCCN)c1C(=O)N1CCCC1.Cl. The predicted molar refractivity (Wildman–Crippen MR) is 104 cm³/mol. The summed E-state index contributed by atoms with van der Waals surface area (Å²) in [6, 6.07) is 5.63. The van der Waals surface area contributed by atoms with Crippen molar-refractivity contribution in [2.24, 2.45) is 5.73 Å². The largest absolute Gasteiger partial charge is 0.339 e. The topological polar surface area (TPSA) is 75.4 Å². The van der Waals surface area contributed by atoms with Gasteiger partial charge >= 0.3 is 0 Å². The van der Waals surface area contributed by atoms with Gasteiger partial charge in [-0.15, -0.1) is 12.4 Å². The Balaban J connectivity index is 0.00000312. The number of halogens is 1. The average Bonchev–Trinajstić information content (AvgIpc) is 3.09. The number of anilines is 1. The molecule has 0 aliphatic carbocycles. The fourth-order valence-electron chi connectivity index (χ4n) is 3.13. The molecule has 1 aromatic rings. The van der Waals surface area contributed by atoms with Gasteiger partial charge in [0.1, 0.15) is 0 Å². The van der Waals surface area contributed by atoms with E-state index in [9.17, 15) is 9.59 Å². The number of unbranched alkanes of at least 4 members (excludes halogenated alkanes) is 3. The lowest BCUT2D eigenvalue weighted by molar-refractivity contribution is -0.116. The van der Waals surface area contributed by atoms with Crippen molar-refractivity contribution in [2.75, 3.05) is 25.0 Å². The molecule has 0 spiro atoms. The maximum Gasteiger partial charge on any atom is 0.256 e. The molecule has 1 aliphatic heterocycles. The van der Waals surface area contributed by atoms with E-state index in [4.69, 9.17) is 5.73 Å². The predicted octanol–water partition coefficient (Wildman–Crippen LogP) is 3.50. The summed E-state index contributed by atoms with van der Waals surface area (Å²) in [4.78, 5) is 26.8. The van der Waals surface area contributed by atoms with Crippen LogP contribution in [-0.2, 0) is 4.79 Å². The summed E-state index contributed by atoms with van der Waals surface area (Å²) < 4.78 is 0. The molecule has 1 aromatic carbocycles. The molecule has 3 N–H and O–H groups in total. The third-order valence-electron chi connectivity index (χ3n) is 4.51. The van der Waals surface area contributed by atoms with Crippen LogP contribution in [0.15, 0.2) is 18.2 Å². The van der Waals surface area contributed by atoms with Gasteiger partial charge in [0.2, 0.25) is 5.91 Å². The van der Waals surface area contributed by atoms with Gasteiger partial charge in [-0.25, -0.2) is 0 Å². The summed E-state index contributed by atoms with van der Waals surface area (Å²) in [6.45, 7) is 4.24. The number of hydrogen-bond acceptors (Lipinski definition) is 3. The first-order chi connectivity index (χ1) is 11.6. The fourth-order valence-corrected chi connectivity index (χ4v) is 3.13. The highest BCUT2D eigenvalue weighted by Crippen LogP contribution is 2.24. The fraction of sp³-hybridized carbons (Fsp3) is 0.579. The molecular weight excluding hydrogens is 338 g/mol. The van der Waals surface area contributed by atoms with Crippen molar-refractivity contribution in [3.05, 3.63) is 29.3 Å². The highest BCUT2D eigenvalue weighted by Gasteiger charge is 2.23. The van der Waals surface area contributed by atoms with Gasteiger partial charge in [0.25, 0.3) is 5.91 Å². The van der Waals surface area contributed by atoms with Crippen LogP contribution in [0.2, 0.25) is 0 Å². The third kappa shape index (κ3) is 6.33. The Hall–Kier alpha value is -1.59. The Kier molecular flexibility index (Phi) is 9.53. The van der Waals surface area contributed by atoms with Crippen molar-refractivity contribution in [3.63, 3.8) is 0 Å². The van der Waals surface area contributed by atoms with Crippen LogP contribution in [-0.4, -0.2) is 36.3 Å². The van der Waals surface area contributed by atoms with Crippen LogP contribution in [0.25, 0.3) is 0 Å². The molecule has 0 atom stereocenters. The molecule has 25 heavy (non-hydrogen) atoms. The monoisotopic (exact) mass is 367 g/mol. The molecule has 1 heterocycles. The van der Waals surface area contributed by atoms with E-state index in [0.29, 0.717) is 24.2 Å². The molecule has 0 aromatic heterocycles. The van der Waals surface area contributed by atoms with E-state index in [2.05, 4.69) is 5.32 Å². The Morgan fingerprint density at radius 3 is 2.48 bits per heavy atom. The molecular formula is C19H30ClN3O2. The third-order valence-corrected chi connectivity index (χ3v) is 4.51. The van der Waals surface area contributed by atoms with Crippen LogP contribution in [0.3, 0.4) is 0 Å². The van der Waals surface area contributed by atoms with Crippen molar-refractivity contribution in [3.8, 4) is 0 Å². The van der Waals surface area contributed by atoms with Crippen molar-refractivity contribution in [1.29, 1.82) is 0 Å². The minimum atomic E-state index is -0.0242. The van der Waals surface area contributed by atoms with E-state index < -0.39 is 0 Å². The quantitative estimate of drug-likeness (QED) is 0.690. The first-order valence-electron chi connectivity index (χ1n) is 9.02. The van der Waals surface area contributed by atoms with Crippen LogP contribution in [0.1, 0.15) is 60.9 Å². The van der Waals surface area contributed by atoms with Crippen molar-refractivity contribution >= 4 is 29.9 Å². The van der Waals surface area contributed by atoms with Gasteiger partial charge in [0.05, 0.1) is 11.3 Å². The molecule has 0 saturated carbocycles. The van der Waals surface area contributed by atoms with E-state index in [1.54, 1.807) is 0 Å². The smallest absolute Gasteiger partial charge is 0.256 e. The van der Waals surface area contributed by atoms with Crippen molar-refractivity contribution in [1.82, 2.24) is 4.90 Å². The van der Waals surface area contributed by atoms with Gasteiger partial charge in [-0.2, -0.15) is 0 Å². The van der Waals surface area contributed by atoms with E-state index >= 15 is 0 Å². The first-order valence-corrected chi connectivity index (χ1v) is 9.02. The van der Waals surface area contributed by atoms with Gasteiger partial charge in [-0.05, 0) is 50.8 Å². The van der Waals surface area contributed by atoms with Gasteiger partial charge in [0, 0.05) is 19.5 Å². The first kappa shape index (κ1) is 21.5. The molecule has 2 rings (SSSR count). The molecule has 1 fully saturated rings. The van der Waals surface area contributed by atoms with E-state index in [0.717, 1.165) is 57.2 Å². The number of rotatable bonds is 8. The second-order valence-corrected chi connectivity index (χ2v) is 6.50. The Morgan fingerprint density at radius 2 is 1.80 bits per heavy atom. The number of nitrogens with one attached hydrogen (secondary N) is 1. The molecule has 1 saturated heterocycles. The van der Waals surface area contributed by atoms with Crippen molar-refractivity contribution < 1.29 is 9.59 Å². The summed E-state index contributed by atoms with van der Waals surface area (Å²) in [5.74, 6) is 0.00710. The molecule has 5 nitrogen and oxygen atoms in total. The zero-order valence-electron chi connectivity index (χ0n) is 15.1. The molecule has 6 heteroatoms. The minimum absolute atomic E-state index is 0. The van der Waals surface area contributed by atoms with Crippen LogP contribution >= 0.6 is 12.4 Å². The number of carbonyl (C=O) groups excluding carboxylic acids is 2. The molecule has 0 bridgehead atoms. The number of likely N-dealkylation sites (tertiary alicyclic amines) is 1. The Morgan fingerprint density at radius 1 is 1.12 bits per heavy atom. The van der Waals surface area contributed by atoms with Crippen LogP contribution in [0, 0.1) is 6.92 Å². The summed E-state index contributed by atoms with van der Waals surface area (Å²) in [5.41, 5.74) is 7.65. The standard InChI is InChI=1S/C19H29N3O2.ClH/c1-15-9-8-10-16(18(15)19(24)22-13-6-7-14-22)21-17(23)11-4-2-3-5-12-20;/h8-10H,2-7,11-14,20H2,1H3,(H,21,23);1H. The summed E-state index contributed by atoms with van der Waals surface area (Å²) in [7, 11) is 0. The highest BCUT2D eigenvalue weighted by atomic mass is 35.5. The highest BCUT2D eigenvalue weighted by molar-refractivity contribution is 6.04. The van der Waals surface area contributed by atoms with Crippen LogP contribution in [0.5, 0.6) is 0 Å². The second kappa shape index (κ2) is 11.1. The maximum atomic E-state index is 12.8. The number of hydrogen-bond donors (Lipinski definition) is 2. The van der Waals surface area contributed by atoms with Gasteiger partial charge < -0.3 is 16.0 Å². The van der Waals surface area contributed by atoms with E-state index in [-0.39, 0.29) is 24.2 Å². The number of amides is 2. The van der Waals surface area contributed by atoms with E-state index in [1.807, 2.05) is 30.0 Å². The molecule has 0 unspecified atom stereocenters. The summed E-state index contributed by atoms with van der Waals surface area (Å²) in [5, 5.41) is 2.94. The Labute approximate surface area is 156 Å². The van der Waals surface area contributed by atoms with E-state index in [1.165, 1.54) is 0 Å². The molecule has 140 valence electrons. The average molecular weight is 368 g/mol. The molecule has 2 amide bonds. The lowest BCUT2D eigenvalue weighted by Crippen LogP contribution is -2.29. The number of aryl methyl sites for hydroxylation is 1.